The van der Waals surface area contributed by atoms with E-state index in [9.17, 15) is 9.18 Å². The molecule has 1 aliphatic rings. The summed E-state index contributed by atoms with van der Waals surface area (Å²) in [6, 6.07) is 3.83. The summed E-state index contributed by atoms with van der Waals surface area (Å²) in [5, 5.41) is 2.62. The van der Waals surface area contributed by atoms with Crippen molar-refractivity contribution in [1.29, 1.82) is 0 Å². The molecule has 0 aromatic heterocycles. The number of hydrogen-bond donors (Lipinski definition) is 2. The summed E-state index contributed by atoms with van der Waals surface area (Å²) in [7, 11) is 0. The van der Waals surface area contributed by atoms with Crippen molar-refractivity contribution in [2.45, 2.75) is 32.0 Å². The highest BCUT2D eigenvalue weighted by atomic mass is 19.1. The van der Waals surface area contributed by atoms with E-state index in [2.05, 4.69) is 5.32 Å². The molecule has 20 heavy (non-hydrogen) atoms. The van der Waals surface area contributed by atoms with Crippen molar-refractivity contribution in [1.82, 2.24) is 0 Å². The first-order valence-electron chi connectivity index (χ1n) is 6.65. The minimum absolute atomic E-state index is 0.0705. The largest absolute Gasteiger partial charge is 0.397 e. The summed E-state index contributed by atoms with van der Waals surface area (Å²) >= 11 is 0. The number of halogens is 1. The van der Waals surface area contributed by atoms with Gasteiger partial charge in [0.05, 0.1) is 24.1 Å². The number of hydrogen-bond acceptors (Lipinski definition) is 4. The molecule has 1 fully saturated rings. The Bertz CT molecular complexity index is 475. The van der Waals surface area contributed by atoms with E-state index < -0.39 is 11.9 Å². The van der Waals surface area contributed by atoms with E-state index in [0.29, 0.717) is 12.3 Å². The number of nitrogen functional groups attached to an aromatic ring is 1. The van der Waals surface area contributed by atoms with Crippen LogP contribution in [0.15, 0.2) is 18.2 Å². The summed E-state index contributed by atoms with van der Waals surface area (Å²) in [5.41, 5.74) is 6.19. The Morgan fingerprint density at radius 3 is 3.10 bits per heavy atom. The average Bonchev–Trinajstić information content (AvgIpc) is 2.92. The molecule has 0 radical (unpaired) electrons. The lowest BCUT2D eigenvalue weighted by molar-refractivity contribution is -0.128. The van der Waals surface area contributed by atoms with Crippen molar-refractivity contribution in [2.24, 2.45) is 0 Å². The number of ether oxygens (including phenoxy) is 2. The predicted molar refractivity (Wildman–Crippen MR) is 73.8 cm³/mol. The molecule has 1 aromatic rings. The molecule has 2 rings (SSSR count). The monoisotopic (exact) mass is 282 g/mol. The molecule has 1 aromatic carbocycles. The van der Waals surface area contributed by atoms with E-state index in [1.807, 2.05) is 0 Å². The van der Waals surface area contributed by atoms with Crippen molar-refractivity contribution in [3.63, 3.8) is 0 Å². The van der Waals surface area contributed by atoms with Gasteiger partial charge in [-0.25, -0.2) is 4.39 Å². The molecule has 110 valence electrons. The van der Waals surface area contributed by atoms with Gasteiger partial charge in [-0.1, -0.05) is 0 Å². The SMILES string of the molecule is CC(OCC1CCCO1)C(=O)Nc1ccc(F)cc1N. The molecule has 1 amide bonds. The lowest BCUT2D eigenvalue weighted by Crippen LogP contribution is -2.30. The second-order valence-corrected chi connectivity index (χ2v) is 4.83. The molecule has 5 nitrogen and oxygen atoms in total. The van der Waals surface area contributed by atoms with E-state index in [1.165, 1.54) is 12.1 Å². The Balaban J connectivity index is 1.83. The maximum absolute atomic E-state index is 12.9. The normalized spacial score (nSPS) is 19.8. The maximum Gasteiger partial charge on any atom is 0.253 e. The highest BCUT2D eigenvalue weighted by Gasteiger charge is 2.20. The topological polar surface area (TPSA) is 73.6 Å². The van der Waals surface area contributed by atoms with Gasteiger partial charge in [-0.05, 0) is 38.0 Å². The van der Waals surface area contributed by atoms with Crippen LogP contribution in [0.5, 0.6) is 0 Å². The molecule has 6 heteroatoms. The number of benzene rings is 1. The minimum atomic E-state index is -0.622. The van der Waals surface area contributed by atoms with Crippen LogP contribution in [0.2, 0.25) is 0 Å². The third kappa shape index (κ3) is 3.91. The molecule has 0 aliphatic carbocycles. The fourth-order valence-electron chi connectivity index (χ4n) is 1.98. The molecular formula is C14H19FN2O3. The minimum Gasteiger partial charge on any atom is -0.397 e. The van der Waals surface area contributed by atoms with E-state index in [4.69, 9.17) is 15.2 Å². The maximum atomic E-state index is 12.9. The molecular weight excluding hydrogens is 263 g/mol. The van der Waals surface area contributed by atoms with Crippen molar-refractivity contribution >= 4 is 17.3 Å². The molecule has 0 saturated carbocycles. The van der Waals surface area contributed by atoms with Crippen molar-refractivity contribution < 1.29 is 18.7 Å². The van der Waals surface area contributed by atoms with Gasteiger partial charge >= 0.3 is 0 Å². The number of anilines is 2. The van der Waals surface area contributed by atoms with Crippen LogP contribution in [0.1, 0.15) is 19.8 Å². The van der Waals surface area contributed by atoms with Crippen LogP contribution in [0.25, 0.3) is 0 Å². The predicted octanol–water partition coefficient (Wildman–Crippen LogP) is 1.93. The lowest BCUT2D eigenvalue weighted by atomic mass is 10.2. The van der Waals surface area contributed by atoms with Gasteiger partial charge in [0.1, 0.15) is 11.9 Å². The van der Waals surface area contributed by atoms with E-state index in [0.717, 1.165) is 25.5 Å². The summed E-state index contributed by atoms with van der Waals surface area (Å²) in [5.74, 6) is -0.760. The molecule has 3 N–H and O–H groups in total. The van der Waals surface area contributed by atoms with Gasteiger partial charge in [-0.15, -0.1) is 0 Å². The van der Waals surface area contributed by atoms with Crippen LogP contribution in [-0.2, 0) is 14.3 Å². The smallest absolute Gasteiger partial charge is 0.253 e. The number of nitrogens with one attached hydrogen (secondary N) is 1. The third-order valence-corrected chi connectivity index (χ3v) is 3.20. The average molecular weight is 282 g/mol. The Labute approximate surface area is 117 Å². The second kappa shape index (κ2) is 6.67. The number of carbonyl (C=O) groups excluding carboxylic acids is 1. The fraction of sp³-hybridized carbons (Fsp3) is 0.500. The fourth-order valence-corrected chi connectivity index (χ4v) is 1.98. The van der Waals surface area contributed by atoms with Gasteiger partial charge in [0.15, 0.2) is 0 Å². The zero-order valence-corrected chi connectivity index (χ0v) is 11.4. The molecule has 1 saturated heterocycles. The first-order valence-corrected chi connectivity index (χ1v) is 6.65. The summed E-state index contributed by atoms with van der Waals surface area (Å²) < 4.78 is 23.8. The molecule has 2 unspecified atom stereocenters. The first-order chi connectivity index (χ1) is 9.56. The number of rotatable bonds is 5. The molecule has 0 bridgehead atoms. The lowest BCUT2D eigenvalue weighted by Gasteiger charge is -2.16. The molecule has 0 spiro atoms. The number of amides is 1. The quantitative estimate of drug-likeness (QED) is 0.809. The number of nitrogens with two attached hydrogens (primary N) is 1. The van der Waals surface area contributed by atoms with Crippen LogP contribution >= 0.6 is 0 Å². The second-order valence-electron chi connectivity index (χ2n) is 4.83. The van der Waals surface area contributed by atoms with E-state index in [1.54, 1.807) is 6.92 Å². The zero-order chi connectivity index (χ0) is 14.5. The number of carbonyl (C=O) groups is 1. The Hall–Kier alpha value is -1.66. The van der Waals surface area contributed by atoms with Gasteiger partial charge in [-0.3, -0.25) is 4.79 Å². The van der Waals surface area contributed by atoms with Gasteiger partial charge in [0.2, 0.25) is 0 Å². The van der Waals surface area contributed by atoms with Crippen LogP contribution in [0.3, 0.4) is 0 Å². The van der Waals surface area contributed by atoms with Gasteiger partial charge in [0, 0.05) is 6.61 Å². The Morgan fingerprint density at radius 2 is 2.45 bits per heavy atom. The van der Waals surface area contributed by atoms with Gasteiger partial charge < -0.3 is 20.5 Å². The van der Waals surface area contributed by atoms with Crippen molar-refractivity contribution in [2.75, 3.05) is 24.3 Å². The van der Waals surface area contributed by atoms with E-state index in [-0.39, 0.29) is 17.7 Å². The molecule has 1 heterocycles. The van der Waals surface area contributed by atoms with Crippen molar-refractivity contribution in [3.8, 4) is 0 Å². The Kier molecular flexibility index (Phi) is 4.92. The van der Waals surface area contributed by atoms with Crippen LogP contribution in [0, 0.1) is 5.82 Å². The van der Waals surface area contributed by atoms with Crippen molar-refractivity contribution in [3.05, 3.63) is 24.0 Å². The van der Waals surface area contributed by atoms with Gasteiger partial charge in [0.25, 0.3) is 5.91 Å². The zero-order valence-electron chi connectivity index (χ0n) is 11.4. The summed E-state index contributed by atoms with van der Waals surface area (Å²) in [6.45, 7) is 2.80. The Morgan fingerprint density at radius 1 is 1.65 bits per heavy atom. The highest BCUT2D eigenvalue weighted by Crippen LogP contribution is 2.19. The molecule has 2 atom stereocenters. The summed E-state index contributed by atoms with van der Waals surface area (Å²) in [6.07, 6.45) is 1.43. The highest BCUT2D eigenvalue weighted by molar-refractivity contribution is 5.96. The van der Waals surface area contributed by atoms with Crippen LogP contribution in [-0.4, -0.2) is 31.3 Å². The van der Waals surface area contributed by atoms with E-state index >= 15 is 0 Å². The van der Waals surface area contributed by atoms with Crippen LogP contribution in [0.4, 0.5) is 15.8 Å². The first kappa shape index (κ1) is 14.7. The summed E-state index contributed by atoms with van der Waals surface area (Å²) in [4.78, 5) is 11.9. The molecule has 1 aliphatic heterocycles. The third-order valence-electron chi connectivity index (χ3n) is 3.20. The standard InChI is InChI=1S/C14H19FN2O3/c1-9(20-8-11-3-2-6-19-11)14(18)17-13-5-4-10(15)7-12(13)16/h4-5,7,9,11H,2-3,6,8,16H2,1H3,(H,17,18). The van der Waals surface area contributed by atoms with Gasteiger partial charge in [-0.2, -0.15) is 0 Å². The van der Waals surface area contributed by atoms with Crippen LogP contribution < -0.4 is 11.1 Å².